The van der Waals surface area contributed by atoms with Crippen molar-refractivity contribution in [3.63, 3.8) is 0 Å². The topological polar surface area (TPSA) is 38.9 Å². The van der Waals surface area contributed by atoms with Gasteiger partial charge in [0, 0.05) is 24.4 Å². The Labute approximate surface area is 109 Å². The van der Waals surface area contributed by atoms with Crippen LogP contribution in [0.25, 0.3) is 0 Å². The van der Waals surface area contributed by atoms with Gasteiger partial charge in [-0.05, 0) is 36.1 Å². The number of pyridine rings is 1. The first kappa shape index (κ1) is 12.8. The summed E-state index contributed by atoms with van der Waals surface area (Å²) < 4.78 is 0. The minimum absolute atomic E-state index is 0.0196. The molecule has 1 aromatic heterocycles. The number of aromatic nitrogens is 1. The van der Waals surface area contributed by atoms with E-state index in [-0.39, 0.29) is 6.04 Å². The molecular weight excluding hydrogens is 220 g/mol. The van der Waals surface area contributed by atoms with Crippen molar-refractivity contribution in [1.82, 2.24) is 4.98 Å². The van der Waals surface area contributed by atoms with Crippen molar-refractivity contribution in [2.24, 2.45) is 5.73 Å². The summed E-state index contributed by atoms with van der Waals surface area (Å²) in [5.74, 6) is 0. The van der Waals surface area contributed by atoms with Crippen molar-refractivity contribution in [2.45, 2.75) is 32.7 Å². The Morgan fingerprint density at radius 2 is 1.94 bits per heavy atom. The summed E-state index contributed by atoms with van der Waals surface area (Å²) in [6, 6.07) is 12.5. The van der Waals surface area contributed by atoms with Crippen molar-refractivity contribution < 1.29 is 0 Å². The molecule has 1 unspecified atom stereocenters. The zero-order valence-electron chi connectivity index (χ0n) is 11.1. The maximum absolute atomic E-state index is 6.26. The summed E-state index contributed by atoms with van der Waals surface area (Å²) in [5.41, 5.74) is 11.0. The Hall–Kier alpha value is -1.67. The molecule has 18 heavy (non-hydrogen) atoms. The molecule has 0 bridgehead atoms. The highest BCUT2D eigenvalue weighted by Crippen LogP contribution is 2.18. The van der Waals surface area contributed by atoms with Crippen LogP contribution in [0.4, 0.5) is 0 Å². The molecule has 0 spiro atoms. The number of nitrogens with zero attached hydrogens (tertiary/aromatic N) is 1. The van der Waals surface area contributed by atoms with Gasteiger partial charge in [-0.1, -0.05) is 37.3 Å². The lowest BCUT2D eigenvalue weighted by atomic mass is 9.98. The fourth-order valence-corrected chi connectivity index (χ4v) is 2.12. The quantitative estimate of drug-likeness (QED) is 0.891. The normalized spacial score (nSPS) is 12.4. The van der Waals surface area contributed by atoms with Crippen LogP contribution in [0, 0.1) is 6.92 Å². The van der Waals surface area contributed by atoms with E-state index in [1.807, 2.05) is 18.3 Å². The largest absolute Gasteiger partial charge is 0.324 e. The van der Waals surface area contributed by atoms with Gasteiger partial charge in [0.2, 0.25) is 0 Å². The van der Waals surface area contributed by atoms with Gasteiger partial charge in [0.05, 0.1) is 0 Å². The van der Waals surface area contributed by atoms with Crippen molar-refractivity contribution in [3.05, 3.63) is 65.0 Å². The van der Waals surface area contributed by atoms with Gasteiger partial charge in [0.15, 0.2) is 0 Å². The van der Waals surface area contributed by atoms with E-state index < -0.39 is 0 Å². The Bertz CT molecular complexity index is 503. The van der Waals surface area contributed by atoms with Gasteiger partial charge in [0.1, 0.15) is 0 Å². The van der Waals surface area contributed by atoms with E-state index in [2.05, 4.69) is 43.1 Å². The van der Waals surface area contributed by atoms with Crippen LogP contribution in [0.15, 0.2) is 42.6 Å². The molecule has 0 amide bonds. The lowest BCUT2D eigenvalue weighted by molar-refractivity contribution is 0.701. The van der Waals surface area contributed by atoms with E-state index in [1.165, 1.54) is 16.7 Å². The van der Waals surface area contributed by atoms with Gasteiger partial charge >= 0.3 is 0 Å². The second kappa shape index (κ2) is 5.78. The van der Waals surface area contributed by atoms with Crippen LogP contribution >= 0.6 is 0 Å². The highest BCUT2D eigenvalue weighted by atomic mass is 14.7. The van der Waals surface area contributed by atoms with Gasteiger partial charge in [-0.3, -0.25) is 4.98 Å². The number of nitrogens with two attached hydrogens (primary N) is 1. The molecule has 1 heterocycles. The van der Waals surface area contributed by atoms with Gasteiger partial charge in [-0.2, -0.15) is 0 Å². The van der Waals surface area contributed by atoms with Crippen molar-refractivity contribution in [1.29, 1.82) is 0 Å². The molecule has 0 radical (unpaired) electrons. The maximum atomic E-state index is 6.26. The smallest absolute Gasteiger partial charge is 0.0422 e. The Morgan fingerprint density at radius 3 is 2.56 bits per heavy atom. The summed E-state index contributed by atoms with van der Waals surface area (Å²) in [6.45, 7) is 4.23. The van der Waals surface area contributed by atoms with Crippen LogP contribution in [0.3, 0.4) is 0 Å². The average Bonchev–Trinajstić information content (AvgIpc) is 2.40. The standard InChI is InChI=1S/C16H20N2/c1-3-13-8-9-14(18-11-13)10-16(17)15-7-5-4-6-12(15)2/h4-9,11,16H,3,10,17H2,1-2H3. The summed E-state index contributed by atoms with van der Waals surface area (Å²) >= 11 is 0. The minimum atomic E-state index is 0.0196. The lowest BCUT2D eigenvalue weighted by Gasteiger charge is -2.14. The van der Waals surface area contributed by atoms with E-state index in [1.54, 1.807) is 0 Å². The first-order valence-electron chi connectivity index (χ1n) is 6.45. The van der Waals surface area contributed by atoms with Crippen LogP contribution < -0.4 is 5.73 Å². The molecular formula is C16H20N2. The van der Waals surface area contributed by atoms with Crippen LogP contribution in [-0.2, 0) is 12.8 Å². The molecule has 0 saturated carbocycles. The third-order valence-electron chi connectivity index (χ3n) is 3.31. The monoisotopic (exact) mass is 240 g/mol. The second-order valence-electron chi connectivity index (χ2n) is 4.68. The summed E-state index contributed by atoms with van der Waals surface area (Å²) in [6.07, 6.45) is 3.76. The van der Waals surface area contributed by atoms with Crippen LogP contribution in [0.5, 0.6) is 0 Å². The summed E-state index contributed by atoms with van der Waals surface area (Å²) in [5, 5.41) is 0. The van der Waals surface area contributed by atoms with E-state index in [4.69, 9.17) is 5.73 Å². The predicted molar refractivity (Wildman–Crippen MR) is 75.4 cm³/mol. The van der Waals surface area contributed by atoms with Crippen molar-refractivity contribution in [3.8, 4) is 0 Å². The van der Waals surface area contributed by atoms with Gasteiger partial charge in [-0.15, -0.1) is 0 Å². The number of hydrogen-bond acceptors (Lipinski definition) is 2. The Kier molecular flexibility index (Phi) is 4.11. The van der Waals surface area contributed by atoms with E-state index in [9.17, 15) is 0 Å². The molecule has 0 fully saturated rings. The predicted octanol–water partition coefficient (Wildman–Crippen LogP) is 3.19. The SMILES string of the molecule is CCc1ccc(CC(N)c2ccccc2C)nc1. The second-order valence-corrected chi connectivity index (χ2v) is 4.68. The van der Waals surface area contributed by atoms with E-state index in [0.29, 0.717) is 0 Å². The molecule has 2 aromatic rings. The Balaban J connectivity index is 2.11. The first-order chi connectivity index (χ1) is 8.70. The van der Waals surface area contributed by atoms with Crippen LogP contribution in [0.1, 0.15) is 35.3 Å². The first-order valence-corrected chi connectivity index (χ1v) is 6.45. The summed E-state index contributed by atoms with van der Waals surface area (Å²) in [4.78, 5) is 4.46. The molecule has 94 valence electrons. The number of benzene rings is 1. The highest BCUT2D eigenvalue weighted by Gasteiger charge is 2.09. The van der Waals surface area contributed by atoms with Crippen molar-refractivity contribution in [2.75, 3.05) is 0 Å². The van der Waals surface area contributed by atoms with Gasteiger partial charge in [-0.25, -0.2) is 0 Å². The van der Waals surface area contributed by atoms with E-state index >= 15 is 0 Å². The molecule has 0 saturated heterocycles. The fraction of sp³-hybridized carbons (Fsp3) is 0.312. The molecule has 2 N–H and O–H groups in total. The maximum Gasteiger partial charge on any atom is 0.0422 e. The molecule has 2 rings (SSSR count). The number of hydrogen-bond donors (Lipinski definition) is 1. The molecule has 0 aliphatic carbocycles. The molecule has 1 atom stereocenters. The highest BCUT2D eigenvalue weighted by molar-refractivity contribution is 5.29. The molecule has 1 aromatic carbocycles. The zero-order chi connectivity index (χ0) is 13.0. The summed E-state index contributed by atoms with van der Waals surface area (Å²) in [7, 11) is 0. The lowest BCUT2D eigenvalue weighted by Crippen LogP contribution is -2.15. The third kappa shape index (κ3) is 2.96. The zero-order valence-corrected chi connectivity index (χ0v) is 11.1. The number of rotatable bonds is 4. The Morgan fingerprint density at radius 1 is 1.17 bits per heavy atom. The number of aryl methyl sites for hydroxylation is 2. The van der Waals surface area contributed by atoms with Gasteiger partial charge in [0.25, 0.3) is 0 Å². The van der Waals surface area contributed by atoms with Gasteiger partial charge < -0.3 is 5.73 Å². The average molecular weight is 240 g/mol. The molecule has 0 aliphatic heterocycles. The molecule has 0 aliphatic rings. The molecule has 2 nitrogen and oxygen atoms in total. The minimum Gasteiger partial charge on any atom is -0.324 e. The molecule has 2 heteroatoms. The van der Waals surface area contributed by atoms with Crippen LogP contribution in [0.2, 0.25) is 0 Å². The fourth-order valence-electron chi connectivity index (χ4n) is 2.12. The van der Waals surface area contributed by atoms with E-state index in [0.717, 1.165) is 18.5 Å². The van der Waals surface area contributed by atoms with Crippen LogP contribution in [-0.4, -0.2) is 4.98 Å². The van der Waals surface area contributed by atoms with Crippen molar-refractivity contribution >= 4 is 0 Å². The third-order valence-corrected chi connectivity index (χ3v) is 3.31.